The number of alkyl halides is 3. The SMILES string of the molecule is O=C(/C=C/c1cccc(C(F)(F)F)c1)NCCCNC(=O)/C=C/c1ccc(O)cc1O. The lowest BCUT2D eigenvalue weighted by atomic mass is 10.1. The van der Waals surface area contributed by atoms with Crippen molar-refractivity contribution < 1.29 is 33.0 Å². The highest BCUT2D eigenvalue weighted by Gasteiger charge is 2.30. The van der Waals surface area contributed by atoms with Crippen molar-refractivity contribution in [3.63, 3.8) is 0 Å². The monoisotopic (exact) mass is 434 g/mol. The lowest BCUT2D eigenvalue weighted by Gasteiger charge is -2.06. The fourth-order valence-corrected chi connectivity index (χ4v) is 2.46. The minimum Gasteiger partial charge on any atom is -0.508 e. The molecule has 0 fully saturated rings. The molecule has 2 rings (SSSR count). The number of aromatic hydroxyl groups is 2. The van der Waals surface area contributed by atoms with Crippen LogP contribution in [0.1, 0.15) is 23.1 Å². The molecule has 0 saturated carbocycles. The van der Waals surface area contributed by atoms with E-state index in [2.05, 4.69) is 10.6 Å². The normalized spacial score (nSPS) is 11.7. The zero-order valence-corrected chi connectivity index (χ0v) is 16.3. The predicted octanol–water partition coefficient (Wildman–Crippen LogP) is 3.47. The fourth-order valence-electron chi connectivity index (χ4n) is 2.46. The van der Waals surface area contributed by atoms with Crippen molar-refractivity contribution in [3.8, 4) is 11.5 Å². The molecule has 2 amide bonds. The molecule has 6 nitrogen and oxygen atoms in total. The summed E-state index contributed by atoms with van der Waals surface area (Å²) in [6.45, 7) is 0.539. The molecule has 0 atom stereocenters. The van der Waals surface area contributed by atoms with Crippen LogP contribution in [0.2, 0.25) is 0 Å². The number of nitrogens with one attached hydrogen (secondary N) is 2. The predicted molar refractivity (Wildman–Crippen MR) is 110 cm³/mol. The molecule has 2 aromatic carbocycles. The Morgan fingerprint density at radius 3 is 2.16 bits per heavy atom. The van der Waals surface area contributed by atoms with E-state index in [9.17, 15) is 33.0 Å². The molecule has 0 aromatic heterocycles. The maximum Gasteiger partial charge on any atom is 0.416 e. The number of rotatable bonds is 8. The molecule has 0 saturated heterocycles. The first-order chi connectivity index (χ1) is 14.6. The van der Waals surface area contributed by atoms with Gasteiger partial charge >= 0.3 is 6.18 Å². The molecule has 0 aliphatic carbocycles. The molecule has 0 aliphatic rings. The van der Waals surface area contributed by atoms with Gasteiger partial charge in [0, 0.05) is 36.9 Å². The number of benzene rings is 2. The van der Waals surface area contributed by atoms with E-state index < -0.39 is 23.6 Å². The number of carbonyl (C=O) groups excluding carboxylic acids is 2. The number of phenolic OH excluding ortho intramolecular Hbond substituents is 2. The van der Waals surface area contributed by atoms with Crippen LogP contribution in [0.3, 0.4) is 0 Å². The van der Waals surface area contributed by atoms with Crippen molar-refractivity contribution in [2.24, 2.45) is 0 Å². The molecule has 0 heterocycles. The second kappa shape index (κ2) is 10.9. The van der Waals surface area contributed by atoms with Crippen LogP contribution in [0.25, 0.3) is 12.2 Å². The van der Waals surface area contributed by atoms with E-state index in [1.807, 2.05) is 0 Å². The fraction of sp³-hybridized carbons (Fsp3) is 0.182. The average molecular weight is 434 g/mol. The van der Waals surface area contributed by atoms with Crippen molar-refractivity contribution in [1.82, 2.24) is 10.6 Å². The van der Waals surface area contributed by atoms with Gasteiger partial charge in [0.2, 0.25) is 11.8 Å². The van der Waals surface area contributed by atoms with Crippen LogP contribution in [-0.2, 0) is 15.8 Å². The van der Waals surface area contributed by atoms with Gasteiger partial charge in [-0.05, 0) is 48.4 Å². The van der Waals surface area contributed by atoms with Gasteiger partial charge in [0.1, 0.15) is 11.5 Å². The van der Waals surface area contributed by atoms with E-state index in [1.54, 1.807) is 0 Å². The van der Waals surface area contributed by atoms with Gasteiger partial charge < -0.3 is 20.8 Å². The summed E-state index contributed by atoms with van der Waals surface area (Å²) in [4.78, 5) is 23.5. The summed E-state index contributed by atoms with van der Waals surface area (Å²) in [5.41, 5.74) is -0.170. The molecular weight excluding hydrogens is 413 g/mol. The molecule has 0 spiro atoms. The molecule has 0 aliphatic heterocycles. The number of hydrogen-bond acceptors (Lipinski definition) is 4. The molecule has 0 radical (unpaired) electrons. The number of halogens is 3. The molecule has 9 heteroatoms. The van der Waals surface area contributed by atoms with Crippen LogP contribution in [0.5, 0.6) is 11.5 Å². The van der Waals surface area contributed by atoms with Gasteiger partial charge in [0.15, 0.2) is 0 Å². The second-order valence-corrected chi connectivity index (χ2v) is 6.47. The lowest BCUT2D eigenvalue weighted by Crippen LogP contribution is -2.28. The summed E-state index contributed by atoms with van der Waals surface area (Å²) >= 11 is 0. The van der Waals surface area contributed by atoms with Gasteiger partial charge in [-0.2, -0.15) is 13.2 Å². The van der Waals surface area contributed by atoms with Gasteiger partial charge in [0.05, 0.1) is 5.56 Å². The molecular formula is C22H21F3N2O4. The molecule has 164 valence electrons. The first-order valence-electron chi connectivity index (χ1n) is 9.26. The summed E-state index contributed by atoms with van der Waals surface area (Å²) < 4.78 is 38.0. The average Bonchev–Trinajstić information content (AvgIpc) is 2.71. The van der Waals surface area contributed by atoms with Crippen LogP contribution in [0.4, 0.5) is 13.2 Å². The van der Waals surface area contributed by atoms with Gasteiger partial charge in [-0.25, -0.2) is 0 Å². The summed E-state index contributed by atoms with van der Waals surface area (Å²) in [7, 11) is 0. The van der Waals surface area contributed by atoms with Crippen LogP contribution in [-0.4, -0.2) is 35.1 Å². The number of hydrogen-bond donors (Lipinski definition) is 4. The number of amides is 2. The second-order valence-electron chi connectivity index (χ2n) is 6.47. The van der Waals surface area contributed by atoms with Crippen LogP contribution >= 0.6 is 0 Å². The van der Waals surface area contributed by atoms with Crippen molar-refractivity contribution in [1.29, 1.82) is 0 Å². The van der Waals surface area contributed by atoms with E-state index in [0.717, 1.165) is 24.3 Å². The smallest absolute Gasteiger partial charge is 0.416 e. The van der Waals surface area contributed by atoms with Crippen molar-refractivity contribution >= 4 is 24.0 Å². The molecule has 4 N–H and O–H groups in total. The van der Waals surface area contributed by atoms with E-state index in [1.165, 1.54) is 42.5 Å². The molecule has 2 aromatic rings. The maximum atomic E-state index is 12.7. The van der Waals surface area contributed by atoms with E-state index in [4.69, 9.17) is 0 Å². The first kappa shape index (κ1) is 23.5. The Bertz CT molecular complexity index is 985. The van der Waals surface area contributed by atoms with Gasteiger partial charge in [-0.1, -0.05) is 12.1 Å². The summed E-state index contributed by atoms with van der Waals surface area (Å²) in [6, 6.07) is 8.61. The van der Waals surface area contributed by atoms with Crippen LogP contribution in [0.15, 0.2) is 54.6 Å². The minimum atomic E-state index is -4.45. The zero-order chi connectivity index (χ0) is 22.9. The highest BCUT2D eigenvalue weighted by atomic mass is 19.4. The third-order valence-corrected chi connectivity index (χ3v) is 4.02. The third kappa shape index (κ3) is 8.25. The molecule has 31 heavy (non-hydrogen) atoms. The Hall–Kier alpha value is -3.75. The van der Waals surface area contributed by atoms with Crippen molar-refractivity contribution in [2.75, 3.05) is 13.1 Å². The number of carbonyl (C=O) groups is 2. The van der Waals surface area contributed by atoms with E-state index in [-0.39, 0.29) is 30.2 Å². The largest absolute Gasteiger partial charge is 0.508 e. The van der Waals surface area contributed by atoms with Gasteiger partial charge in [0.25, 0.3) is 0 Å². The summed E-state index contributed by atoms with van der Waals surface area (Å²) in [5, 5.41) is 24.0. The Balaban J connectivity index is 1.69. The number of phenols is 2. The van der Waals surface area contributed by atoms with E-state index in [0.29, 0.717) is 12.0 Å². The maximum absolute atomic E-state index is 12.7. The standard InChI is InChI=1S/C22H21F3N2O4/c23-22(24,25)17-4-1-3-15(13-17)5-9-20(30)26-11-2-12-27-21(31)10-7-16-6-8-18(28)14-19(16)29/h1,3-10,13-14,28-29H,2,11-12H2,(H,26,30)(H,27,31)/b9-5+,10-7+. The van der Waals surface area contributed by atoms with Crippen LogP contribution < -0.4 is 10.6 Å². The Morgan fingerprint density at radius 2 is 1.55 bits per heavy atom. The Morgan fingerprint density at radius 1 is 0.903 bits per heavy atom. The van der Waals surface area contributed by atoms with Crippen molar-refractivity contribution in [3.05, 3.63) is 71.3 Å². The molecule has 0 bridgehead atoms. The van der Waals surface area contributed by atoms with Gasteiger partial charge in [-0.3, -0.25) is 9.59 Å². The highest BCUT2D eigenvalue weighted by molar-refractivity contribution is 5.92. The van der Waals surface area contributed by atoms with Crippen LogP contribution in [0, 0.1) is 0 Å². The summed E-state index contributed by atoms with van der Waals surface area (Å²) in [6.07, 6.45) is 1.03. The first-order valence-corrected chi connectivity index (χ1v) is 9.26. The highest BCUT2D eigenvalue weighted by Crippen LogP contribution is 2.29. The Kier molecular flexibility index (Phi) is 8.25. The third-order valence-electron chi connectivity index (χ3n) is 4.02. The quantitative estimate of drug-likeness (QED) is 0.378. The lowest BCUT2D eigenvalue weighted by molar-refractivity contribution is -0.137. The Labute approximate surface area is 176 Å². The molecule has 0 unspecified atom stereocenters. The minimum absolute atomic E-state index is 0.0918. The zero-order valence-electron chi connectivity index (χ0n) is 16.3. The summed E-state index contributed by atoms with van der Waals surface area (Å²) in [5.74, 6) is -1.12. The van der Waals surface area contributed by atoms with Crippen molar-refractivity contribution in [2.45, 2.75) is 12.6 Å². The van der Waals surface area contributed by atoms with E-state index >= 15 is 0 Å². The van der Waals surface area contributed by atoms with Gasteiger partial charge in [-0.15, -0.1) is 0 Å². The topological polar surface area (TPSA) is 98.7 Å².